The lowest BCUT2D eigenvalue weighted by Gasteiger charge is -2.15. The number of para-hydroxylation sites is 1. The lowest BCUT2D eigenvalue weighted by Crippen LogP contribution is -2.08. The van der Waals surface area contributed by atoms with Crippen LogP contribution >= 0.6 is 0 Å². The van der Waals surface area contributed by atoms with Crippen molar-refractivity contribution in [3.05, 3.63) is 60.0 Å². The molecule has 0 saturated heterocycles. The molecular formula is C18H18FNO2. The summed E-state index contributed by atoms with van der Waals surface area (Å²) >= 11 is 0. The van der Waals surface area contributed by atoms with Crippen LogP contribution in [0.5, 0.6) is 11.5 Å². The SMILES string of the molecule is CC(C)n1c(COc2ccc(O)cc2)cc2cccc(F)c21. The smallest absolute Gasteiger partial charge is 0.147 e. The molecule has 0 bridgehead atoms. The Bertz CT molecular complexity index is 791. The molecule has 2 aromatic carbocycles. The Morgan fingerprint density at radius 3 is 2.55 bits per heavy atom. The zero-order valence-corrected chi connectivity index (χ0v) is 12.6. The van der Waals surface area contributed by atoms with Crippen LogP contribution in [0.25, 0.3) is 10.9 Å². The van der Waals surface area contributed by atoms with Gasteiger partial charge >= 0.3 is 0 Å². The van der Waals surface area contributed by atoms with E-state index in [1.54, 1.807) is 30.3 Å². The van der Waals surface area contributed by atoms with E-state index in [4.69, 9.17) is 4.74 Å². The Morgan fingerprint density at radius 1 is 1.14 bits per heavy atom. The third-order valence-corrected chi connectivity index (χ3v) is 3.63. The fraction of sp³-hybridized carbons (Fsp3) is 0.222. The molecule has 0 spiro atoms. The fourth-order valence-electron chi connectivity index (χ4n) is 2.70. The van der Waals surface area contributed by atoms with Gasteiger partial charge in [0.05, 0.1) is 11.2 Å². The van der Waals surface area contributed by atoms with Crippen molar-refractivity contribution in [3.63, 3.8) is 0 Å². The van der Waals surface area contributed by atoms with Gasteiger partial charge in [-0.05, 0) is 50.2 Å². The summed E-state index contributed by atoms with van der Waals surface area (Å²) in [5, 5.41) is 10.2. The first-order valence-electron chi connectivity index (χ1n) is 7.26. The third-order valence-electron chi connectivity index (χ3n) is 3.63. The second-order valence-electron chi connectivity index (χ2n) is 5.56. The molecule has 0 radical (unpaired) electrons. The summed E-state index contributed by atoms with van der Waals surface area (Å²) in [5.74, 6) is 0.645. The number of fused-ring (bicyclic) bond motifs is 1. The van der Waals surface area contributed by atoms with Gasteiger partial charge in [0.2, 0.25) is 0 Å². The van der Waals surface area contributed by atoms with Gasteiger partial charge in [0.1, 0.15) is 23.9 Å². The van der Waals surface area contributed by atoms with Crippen molar-refractivity contribution in [1.82, 2.24) is 4.57 Å². The molecule has 1 heterocycles. The molecule has 3 aromatic rings. The van der Waals surface area contributed by atoms with Crippen LogP contribution < -0.4 is 4.74 Å². The van der Waals surface area contributed by atoms with Crippen molar-refractivity contribution in [2.24, 2.45) is 0 Å². The molecule has 3 nitrogen and oxygen atoms in total. The van der Waals surface area contributed by atoms with E-state index in [2.05, 4.69) is 0 Å². The molecule has 114 valence electrons. The van der Waals surface area contributed by atoms with Crippen LogP contribution in [-0.4, -0.2) is 9.67 Å². The number of hydrogen-bond acceptors (Lipinski definition) is 2. The molecular weight excluding hydrogens is 281 g/mol. The maximum absolute atomic E-state index is 14.1. The Balaban J connectivity index is 1.94. The molecule has 22 heavy (non-hydrogen) atoms. The highest BCUT2D eigenvalue weighted by molar-refractivity contribution is 5.82. The van der Waals surface area contributed by atoms with Crippen molar-refractivity contribution >= 4 is 10.9 Å². The van der Waals surface area contributed by atoms with Crippen LogP contribution in [0.2, 0.25) is 0 Å². The van der Waals surface area contributed by atoms with Gasteiger partial charge in [-0.1, -0.05) is 12.1 Å². The molecule has 0 aliphatic carbocycles. The Morgan fingerprint density at radius 2 is 1.86 bits per heavy atom. The first kappa shape index (κ1) is 14.4. The van der Waals surface area contributed by atoms with Crippen LogP contribution in [0.4, 0.5) is 4.39 Å². The lowest BCUT2D eigenvalue weighted by atomic mass is 10.2. The van der Waals surface area contributed by atoms with Crippen LogP contribution in [0.15, 0.2) is 48.5 Å². The molecule has 0 amide bonds. The zero-order chi connectivity index (χ0) is 15.7. The van der Waals surface area contributed by atoms with E-state index in [0.717, 1.165) is 11.1 Å². The minimum atomic E-state index is -0.220. The average molecular weight is 299 g/mol. The maximum atomic E-state index is 14.1. The molecule has 0 atom stereocenters. The Hall–Kier alpha value is -2.49. The molecule has 1 aromatic heterocycles. The number of hydrogen-bond donors (Lipinski definition) is 1. The third kappa shape index (κ3) is 2.64. The Kier molecular flexibility index (Phi) is 3.75. The summed E-state index contributed by atoms with van der Waals surface area (Å²) in [6, 6.07) is 13.8. The monoisotopic (exact) mass is 299 g/mol. The van der Waals surface area contributed by atoms with Crippen molar-refractivity contribution in [2.75, 3.05) is 0 Å². The van der Waals surface area contributed by atoms with Gasteiger partial charge in [-0.25, -0.2) is 4.39 Å². The molecule has 0 aliphatic rings. The minimum Gasteiger partial charge on any atom is -0.508 e. The van der Waals surface area contributed by atoms with Gasteiger partial charge in [-0.2, -0.15) is 0 Å². The number of aromatic nitrogens is 1. The van der Waals surface area contributed by atoms with E-state index in [9.17, 15) is 9.50 Å². The van der Waals surface area contributed by atoms with Gasteiger partial charge < -0.3 is 14.4 Å². The summed E-state index contributed by atoms with van der Waals surface area (Å²) < 4.78 is 21.9. The van der Waals surface area contributed by atoms with Crippen LogP contribution in [0.3, 0.4) is 0 Å². The second-order valence-corrected chi connectivity index (χ2v) is 5.56. The van der Waals surface area contributed by atoms with Crippen LogP contribution in [0.1, 0.15) is 25.6 Å². The highest BCUT2D eigenvalue weighted by Gasteiger charge is 2.15. The van der Waals surface area contributed by atoms with Crippen molar-refractivity contribution < 1.29 is 14.2 Å². The van der Waals surface area contributed by atoms with E-state index in [0.29, 0.717) is 17.9 Å². The van der Waals surface area contributed by atoms with Gasteiger partial charge in [0, 0.05) is 11.4 Å². The van der Waals surface area contributed by atoms with E-state index in [1.165, 1.54) is 6.07 Å². The standard InChI is InChI=1S/C18H18FNO2/c1-12(2)20-14(10-13-4-3-5-17(19)18(13)20)11-22-16-8-6-15(21)7-9-16/h3-10,12,21H,11H2,1-2H3. The molecule has 4 heteroatoms. The predicted molar refractivity (Wildman–Crippen MR) is 84.7 cm³/mol. The number of halogens is 1. The van der Waals surface area contributed by atoms with Crippen molar-refractivity contribution in [2.45, 2.75) is 26.5 Å². The minimum absolute atomic E-state index is 0.132. The first-order valence-corrected chi connectivity index (χ1v) is 7.26. The number of phenolic OH excluding ortho intramolecular Hbond substituents is 1. The number of phenols is 1. The summed E-state index contributed by atoms with van der Waals surface area (Å²) in [7, 11) is 0. The van der Waals surface area contributed by atoms with E-state index < -0.39 is 0 Å². The summed E-state index contributed by atoms with van der Waals surface area (Å²) in [5.41, 5.74) is 1.53. The van der Waals surface area contributed by atoms with Crippen molar-refractivity contribution in [1.29, 1.82) is 0 Å². The predicted octanol–water partition coefficient (Wildman–Crippen LogP) is 4.65. The normalized spacial score (nSPS) is 11.3. The van der Waals surface area contributed by atoms with Gasteiger partial charge in [-0.15, -0.1) is 0 Å². The molecule has 1 N–H and O–H groups in total. The van der Waals surface area contributed by atoms with Crippen LogP contribution in [0, 0.1) is 5.82 Å². The van der Waals surface area contributed by atoms with E-state index >= 15 is 0 Å². The van der Waals surface area contributed by atoms with E-state index in [-0.39, 0.29) is 17.6 Å². The van der Waals surface area contributed by atoms with Gasteiger partial charge in [0.15, 0.2) is 0 Å². The average Bonchev–Trinajstić information content (AvgIpc) is 2.87. The second kappa shape index (κ2) is 5.72. The molecule has 0 unspecified atom stereocenters. The highest BCUT2D eigenvalue weighted by atomic mass is 19.1. The first-order chi connectivity index (χ1) is 10.6. The summed E-state index contributed by atoms with van der Waals surface area (Å²) in [6.45, 7) is 4.39. The maximum Gasteiger partial charge on any atom is 0.147 e. The fourth-order valence-corrected chi connectivity index (χ4v) is 2.70. The quantitative estimate of drug-likeness (QED) is 0.761. The van der Waals surface area contributed by atoms with Gasteiger partial charge in [0.25, 0.3) is 0 Å². The van der Waals surface area contributed by atoms with Gasteiger partial charge in [-0.3, -0.25) is 0 Å². The summed E-state index contributed by atoms with van der Waals surface area (Å²) in [6.07, 6.45) is 0. The van der Waals surface area contributed by atoms with Crippen LogP contribution in [-0.2, 0) is 6.61 Å². The highest BCUT2D eigenvalue weighted by Crippen LogP contribution is 2.27. The molecule has 0 aliphatic heterocycles. The zero-order valence-electron chi connectivity index (χ0n) is 12.6. The number of rotatable bonds is 4. The molecule has 3 rings (SSSR count). The number of nitrogens with zero attached hydrogens (tertiary/aromatic N) is 1. The summed E-state index contributed by atoms with van der Waals surface area (Å²) in [4.78, 5) is 0. The number of benzene rings is 2. The topological polar surface area (TPSA) is 34.4 Å². The van der Waals surface area contributed by atoms with E-state index in [1.807, 2.05) is 30.5 Å². The largest absolute Gasteiger partial charge is 0.508 e. The number of aromatic hydroxyl groups is 1. The molecule has 0 fully saturated rings. The van der Waals surface area contributed by atoms with Crippen molar-refractivity contribution in [3.8, 4) is 11.5 Å². The molecule has 0 saturated carbocycles. The lowest BCUT2D eigenvalue weighted by molar-refractivity contribution is 0.292. The Labute approximate surface area is 128 Å². The number of ether oxygens (including phenoxy) is 1.